The molecule has 0 bridgehead atoms. The molecule has 0 saturated carbocycles. The highest BCUT2D eigenvalue weighted by molar-refractivity contribution is 9.10. The maximum absolute atomic E-state index is 14.4. The molecule has 1 atom stereocenters. The van der Waals surface area contributed by atoms with E-state index in [9.17, 15) is 9.59 Å². The molecule has 5 aromatic rings. The van der Waals surface area contributed by atoms with Crippen molar-refractivity contribution >= 4 is 50.2 Å². The fourth-order valence-electron chi connectivity index (χ4n) is 5.44. The SMILES string of the molecule is CCOC(=O)C1=C(C)N=c2s/c(=C/c3c(-c4ccccc4)[nH]c4ccccc34)c(=O)n2[C@@H]1c1cc(OC)c(OC)cc1Br. The number of methoxy groups -OCH3 is 2. The molecule has 10 heteroatoms. The highest BCUT2D eigenvalue weighted by Gasteiger charge is 2.35. The van der Waals surface area contributed by atoms with Crippen molar-refractivity contribution in [3.05, 3.63) is 113 Å². The molecule has 1 aliphatic rings. The van der Waals surface area contributed by atoms with E-state index in [-0.39, 0.29) is 17.7 Å². The van der Waals surface area contributed by atoms with Crippen LogP contribution >= 0.6 is 27.3 Å². The maximum Gasteiger partial charge on any atom is 0.338 e. The van der Waals surface area contributed by atoms with E-state index in [2.05, 4.69) is 20.9 Å². The summed E-state index contributed by atoms with van der Waals surface area (Å²) < 4.78 is 19.2. The number of carbonyl (C=O) groups excluding carboxylic acids is 1. The van der Waals surface area contributed by atoms with Crippen LogP contribution in [0.25, 0.3) is 28.2 Å². The third-order valence-corrected chi connectivity index (χ3v) is 9.07. The number of nitrogens with zero attached hydrogens (tertiary/aromatic N) is 2. The zero-order valence-corrected chi connectivity index (χ0v) is 26.3. The number of aromatic nitrogens is 2. The number of thiazole rings is 1. The minimum Gasteiger partial charge on any atom is -0.493 e. The molecule has 0 aliphatic carbocycles. The van der Waals surface area contributed by atoms with Gasteiger partial charge in [0.05, 0.1) is 48.4 Å². The summed E-state index contributed by atoms with van der Waals surface area (Å²) in [6.07, 6.45) is 1.91. The van der Waals surface area contributed by atoms with Gasteiger partial charge in [0.1, 0.15) is 0 Å². The first kappa shape index (κ1) is 28.7. The summed E-state index contributed by atoms with van der Waals surface area (Å²) in [6, 6.07) is 20.7. The van der Waals surface area contributed by atoms with Crippen LogP contribution in [0.1, 0.15) is 31.0 Å². The lowest BCUT2D eigenvalue weighted by atomic mass is 9.95. The molecule has 0 unspecified atom stereocenters. The molecule has 6 rings (SSSR count). The lowest BCUT2D eigenvalue weighted by Gasteiger charge is -2.26. The zero-order chi connectivity index (χ0) is 30.2. The summed E-state index contributed by atoms with van der Waals surface area (Å²) in [7, 11) is 3.09. The highest BCUT2D eigenvalue weighted by Crippen LogP contribution is 2.41. The van der Waals surface area contributed by atoms with Crippen LogP contribution in [0.2, 0.25) is 0 Å². The van der Waals surface area contributed by atoms with Crippen LogP contribution in [0.3, 0.4) is 0 Å². The Balaban J connectivity index is 1.63. The van der Waals surface area contributed by atoms with Gasteiger partial charge in [-0.25, -0.2) is 9.79 Å². The molecule has 43 heavy (non-hydrogen) atoms. The van der Waals surface area contributed by atoms with Crippen LogP contribution in [-0.4, -0.2) is 36.3 Å². The first-order valence-electron chi connectivity index (χ1n) is 13.6. The Bertz CT molecular complexity index is 2090. The van der Waals surface area contributed by atoms with Gasteiger partial charge in [-0.05, 0) is 49.2 Å². The Morgan fingerprint density at radius 1 is 1.07 bits per heavy atom. The second-order valence-electron chi connectivity index (χ2n) is 9.86. The van der Waals surface area contributed by atoms with Crippen molar-refractivity contribution < 1.29 is 19.0 Å². The molecule has 1 N–H and O–H groups in total. The van der Waals surface area contributed by atoms with Crippen molar-refractivity contribution in [3.8, 4) is 22.8 Å². The molecule has 0 spiro atoms. The number of H-pyrrole nitrogens is 1. The van der Waals surface area contributed by atoms with Gasteiger partial charge in [-0.2, -0.15) is 0 Å². The number of aromatic amines is 1. The number of rotatable bonds is 7. The molecule has 0 radical (unpaired) electrons. The normalized spacial score (nSPS) is 14.9. The van der Waals surface area contributed by atoms with E-state index in [0.29, 0.717) is 36.6 Å². The fourth-order valence-corrected chi connectivity index (χ4v) is 7.01. The van der Waals surface area contributed by atoms with E-state index < -0.39 is 12.0 Å². The fraction of sp³-hybridized carbons (Fsp3) is 0.182. The molecule has 1 aliphatic heterocycles. The molecule has 2 aromatic heterocycles. The average molecular weight is 659 g/mol. The number of hydrogen-bond acceptors (Lipinski definition) is 7. The summed E-state index contributed by atoms with van der Waals surface area (Å²) in [5.74, 6) is 0.441. The van der Waals surface area contributed by atoms with E-state index in [1.54, 1.807) is 44.8 Å². The van der Waals surface area contributed by atoms with Gasteiger partial charge in [0, 0.05) is 20.9 Å². The van der Waals surface area contributed by atoms with E-state index in [1.807, 2.05) is 60.7 Å². The van der Waals surface area contributed by atoms with Gasteiger partial charge in [-0.1, -0.05) is 75.8 Å². The molecule has 218 valence electrons. The molecule has 0 amide bonds. The summed E-state index contributed by atoms with van der Waals surface area (Å²) in [6.45, 7) is 3.69. The number of benzene rings is 3. The van der Waals surface area contributed by atoms with Gasteiger partial charge in [-0.3, -0.25) is 9.36 Å². The van der Waals surface area contributed by atoms with Crippen LogP contribution in [0, 0.1) is 0 Å². The Morgan fingerprint density at radius 2 is 1.77 bits per heavy atom. The number of halogens is 1. The second-order valence-corrected chi connectivity index (χ2v) is 11.7. The number of allylic oxidation sites excluding steroid dienone is 1. The number of hydrogen-bond donors (Lipinski definition) is 1. The van der Waals surface area contributed by atoms with Crippen molar-refractivity contribution in [2.75, 3.05) is 20.8 Å². The van der Waals surface area contributed by atoms with Gasteiger partial charge in [-0.15, -0.1) is 0 Å². The van der Waals surface area contributed by atoms with Crippen LogP contribution in [0.5, 0.6) is 11.5 Å². The molecule has 3 aromatic carbocycles. The van der Waals surface area contributed by atoms with Gasteiger partial charge in [0.25, 0.3) is 5.56 Å². The number of fused-ring (bicyclic) bond motifs is 2. The number of esters is 1. The van der Waals surface area contributed by atoms with Gasteiger partial charge >= 0.3 is 5.97 Å². The van der Waals surface area contributed by atoms with Gasteiger partial charge in [0.15, 0.2) is 16.3 Å². The zero-order valence-electron chi connectivity index (χ0n) is 23.9. The first-order valence-corrected chi connectivity index (χ1v) is 15.2. The number of carbonyl (C=O) groups is 1. The standard InChI is InChI=1S/C33H28BrN3O5S/c1-5-42-32(39)28-18(2)35-33-37(30(28)22-15-25(40-3)26(41-4)17-23(22)34)31(38)27(43-33)16-21-20-13-9-10-14-24(20)36-29(21)19-11-7-6-8-12-19/h6-17,30,36H,5H2,1-4H3/b27-16+/t30-/m1/s1. The summed E-state index contributed by atoms with van der Waals surface area (Å²) in [5.41, 5.74) is 4.92. The van der Waals surface area contributed by atoms with E-state index in [4.69, 9.17) is 19.2 Å². The molecule has 0 saturated heterocycles. The number of para-hydroxylation sites is 1. The van der Waals surface area contributed by atoms with Crippen molar-refractivity contribution in [2.45, 2.75) is 19.9 Å². The predicted molar refractivity (Wildman–Crippen MR) is 171 cm³/mol. The Labute approximate surface area is 259 Å². The van der Waals surface area contributed by atoms with Gasteiger partial charge in [0.2, 0.25) is 0 Å². The Morgan fingerprint density at radius 3 is 2.49 bits per heavy atom. The lowest BCUT2D eigenvalue weighted by Crippen LogP contribution is -2.40. The first-order chi connectivity index (χ1) is 20.9. The molecular formula is C33H28BrN3O5S. The Kier molecular flexibility index (Phi) is 7.81. The van der Waals surface area contributed by atoms with Crippen LogP contribution < -0.4 is 24.4 Å². The summed E-state index contributed by atoms with van der Waals surface area (Å²) >= 11 is 4.93. The second kappa shape index (κ2) is 11.7. The minimum absolute atomic E-state index is 0.183. The Hall–Kier alpha value is -4.41. The number of ether oxygens (including phenoxy) is 3. The minimum atomic E-state index is -0.816. The van der Waals surface area contributed by atoms with Crippen molar-refractivity contribution in [1.29, 1.82) is 0 Å². The third-order valence-electron chi connectivity index (χ3n) is 7.40. The average Bonchev–Trinajstić information content (AvgIpc) is 3.53. The monoisotopic (exact) mass is 657 g/mol. The number of nitrogens with one attached hydrogen (secondary N) is 1. The third kappa shape index (κ3) is 5.00. The largest absolute Gasteiger partial charge is 0.493 e. The highest BCUT2D eigenvalue weighted by atomic mass is 79.9. The quantitative estimate of drug-likeness (QED) is 0.226. The smallest absolute Gasteiger partial charge is 0.338 e. The van der Waals surface area contributed by atoms with Crippen LogP contribution in [0.15, 0.2) is 92.3 Å². The predicted octanol–water partition coefficient (Wildman–Crippen LogP) is 5.73. The van der Waals surface area contributed by atoms with Crippen molar-refractivity contribution in [2.24, 2.45) is 4.99 Å². The van der Waals surface area contributed by atoms with Gasteiger partial charge < -0.3 is 19.2 Å². The van der Waals surface area contributed by atoms with E-state index in [1.165, 1.54) is 11.3 Å². The molecule has 0 fully saturated rings. The van der Waals surface area contributed by atoms with Crippen LogP contribution in [-0.2, 0) is 9.53 Å². The van der Waals surface area contributed by atoms with Crippen molar-refractivity contribution in [1.82, 2.24) is 9.55 Å². The molecule has 3 heterocycles. The molecule has 8 nitrogen and oxygen atoms in total. The van der Waals surface area contributed by atoms with E-state index >= 15 is 0 Å². The van der Waals surface area contributed by atoms with Crippen LogP contribution in [0.4, 0.5) is 0 Å². The maximum atomic E-state index is 14.4. The molecular weight excluding hydrogens is 630 g/mol. The summed E-state index contributed by atoms with van der Waals surface area (Å²) in [5, 5.41) is 0.995. The summed E-state index contributed by atoms with van der Waals surface area (Å²) in [4.78, 5) is 36.5. The van der Waals surface area contributed by atoms with Crippen molar-refractivity contribution in [3.63, 3.8) is 0 Å². The lowest BCUT2D eigenvalue weighted by molar-refractivity contribution is -0.139. The van der Waals surface area contributed by atoms with E-state index in [0.717, 1.165) is 27.7 Å². The topological polar surface area (TPSA) is 94.9 Å².